The van der Waals surface area contributed by atoms with E-state index in [9.17, 15) is 4.79 Å². The Morgan fingerprint density at radius 3 is 2.44 bits per heavy atom. The second kappa shape index (κ2) is 5.32. The summed E-state index contributed by atoms with van der Waals surface area (Å²) in [6.07, 6.45) is 8.57. The lowest BCUT2D eigenvalue weighted by atomic mass is 9.71. The molecule has 2 nitrogen and oxygen atoms in total. The molecule has 0 aromatic heterocycles. The summed E-state index contributed by atoms with van der Waals surface area (Å²) < 4.78 is 0. The molecule has 2 heteroatoms. The Morgan fingerprint density at radius 2 is 1.89 bits per heavy atom. The fourth-order valence-electron chi connectivity index (χ4n) is 3.78. The standard InChI is InChI=1S/C16H29NO/c1-14-5-8-16(13-18,9-6-14)12-17-10-4-7-15(2,3)11-17/h13-14H,4-12H2,1-3H3. The normalized spacial score (nSPS) is 37.4. The molecule has 1 aliphatic heterocycles. The molecule has 0 spiro atoms. The van der Waals surface area contributed by atoms with E-state index < -0.39 is 0 Å². The maximum Gasteiger partial charge on any atom is 0.127 e. The average molecular weight is 251 g/mol. The van der Waals surface area contributed by atoms with Gasteiger partial charge < -0.3 is 9.69 Å². The number of rotatable bonds is 3. The quantitative estimate of drug-likeness (QED) is 0.716. The van der Waals surface area contributed by atoms with Crippen molar-refractivity contribution in [2.75, 3.05) is 19.6 Å². The Bertz CT molecular complexity index is 289. The van der Waals surface area contributed by atoms with Gasteiger partial charge in [0.2, 0.25) is 0 Å². The van der Waals surface area contributed by atoms with E-state index in [0.717, 1.165) is 31.8 Å². The van der Waals surface area contributed by atoms with Gasteiger partial charge in [0.15, 0.2) is 0 Å². The van der Waals surface area contributed by atoms with Gasteiger partial charge in [-0.15, -0.1) is 0 Å². The van der Waals surface area contributed by atoms with Crippen molar-refractivity contribution >= 4 is 6.29 Å². The van der Waals surface area contributed by atoms with E-state index in [1.165, 1.54) is 38.5 Å². The van der Waals surface area contributed by atoms with Gasteiger partial charge in [0.25, 0.3) is 0 Å². The zero-order chi connectivity index (χ0) is 13.2. The fraction of sp³-hybridized carbons (Fsp3) is 0.938. The number of carbonyl (C=O) groups is 1. The SMILES string of the molecule is CC1CCC(C=O)(CN2CCCC(C)(C)C2)CC1. The number of hydrogen-bond acceptors (Lipinski definition) is 2. The molecule has 2 aliphatic rings. The summed E-state index contributed by atoms with van der Waals surface area (Å²) in [4.78, 5) is 14.1. The van der Waals surface area contributed by atoms with E-state index in [0.29, 0.717) is 5.41 Å². The first-order chi connectivity index (χ1) is 8.45. The summed E-state index contributed by atoms with van der Waals surface area (Å²) in [6, 6.07) is 0. The summed E-state index contributed by atoms with van der Waals surface area (Å²) in [7, 11) is 0. The molecule has 0 unspecified atom stereocenters. The smallest absolute Gasteiger partial charge is 0.127 e. The first-order valence-corrected chi connectivity index (χ1v) is 7.63. The molecule has 1 saturated heterocycles. The third kappa shape index (κ3) is 3.34. The van der Waals surface area contributed by atoms with Crippen LogP contribution >= 0.6 is 0 Å². The summed E-state index contributed by atoms with van der Waals surface area (Å²) in [5.41, 5.74) is 0.407. The number of aldehydes is 1. The van der Waals surface area contributed by atoms with Gasteiger partial charge in [0, 0.05) is 18.5 Å². The predicted molar refractivity (Wildman–Crippen MR) is 75.6 cm³/mol. The minimum atomic E-state index is -0.0278. The van der Waals surface area contributed by atoms with Crippen molar-refractivity contribution in [1.29, 1.82) is 0 Å². The Morgan fingerprint density at radius 1 is 1.22 bits per heavy atom. The van der Waals surface area contributed by atoms with E-state index in [4.69, 9.17) is 0 Å². The highest BCUT2D eigenvalue weighted by molar-refractivity contribution is 5.60. The second-order valence-corrected chi connectivity index (χ2v) is 7.64. The molecule has 0 radical (unpaired) electrons. The first-order valence-electron chi connectivity index (χ1n) is 7.63. The molecule has 0 aromatic rings. The van der Waals surface area contributed by atoms with E-state index >= 15 is 0 Å². The predicted octanol–water partition coefficient (Wildman–Crippen LogP) is 3.50. The molecule has 1 saturated carbocycles. The topological polar surface area (TPSA) is 20.3 Å². The second-order valence-electron chi connectivity index (χ2n) is 7.64. The van der Waals surface area contributed by atoms with Crippen molar-refractivity contribution in [3.8, 4) is 0 Å². The third-order valence-electron chi connectivity index (χ3n) is 5.04. The molecule has 18 heavy (non-hydrogen) atoms. The number of carbonyl (C=O) groups excluding carboxylic acids is 1. The fourth-order valence-corrected chi connectivity index (χ4v) is 3.78. The van der Waals surface area contributed by atoms with Gasteiger partial charge in [-0.2, -0.15) is 0 Å². The Hall–Kier alpha value is -0.370. The van der Waals surface area contributed by atoms with Crippen LogP contribution in [0.3, 0.4) is 0 Å². The molecular formula is C16H29NO. The minimum Gasteiger partial charge on any atom is -0.303 e. The monoisotopic (exact) mass is 251 g/mol. The number of hydrogen-bond donors (Lipinski definition) is 0. The van der Waals surface area contributed by atoms with Gasteiger partial charge in [-0.05, 0) is 56.4 Å². The van der Waals surface area contributed by atoms with Crippen LogP contribution in [-0.4, -0.2) is 30.8 Å². The van der Waals surface area contributed by atoms with E-state index in [1.54, 1.807) is 0 Å². The van der Waals surface area contributed by atoms with Gasteiger partial charge in [0.1, 0.15) is 6.29 Å². The minimum absolute atomic E-state index is 0.0278. The van der Waals surface area contributed by atoms with E-state index in [1.807, 2.05) is 0 Å². The molecule has 2 fully saturated rings. The highest BCUT2D eigenvalue weighted by Crippen LogP contribution is 2.39. The molecule has 0 aromatic carbocycles. The lowest BCUT2D eigenvalue weighted by molar-refractivity contribution is -0.120. The van der Waals surface area contributed by atoms with E-state index in [-0.39, 0.29) is 5.41 Å². The van der Waals surface area contributed by atoms with Crippen molar-refractivity contribution in [2.45, 2.75) is 59.3 Å². The molecule has 0 N–H and O–H groups in total. The van der Waals surface area contributed by atoms with Gasteiger partial charge in [-0.1, -0.05) is 20.8 Å². The van der Waals surface area contributed by atoms with Crippen LogP contribution in [0.15, 0.2) is 0 Å². The molecule has 0 atom stereocenters. The number of likely N-dealkylation sites (tertiary alicyclic amines) is 1. The molecule has 1 heterocycles. The summed E-state index contributed by atoms with van der Waals surface area (Å²) in [6.45, 7) is 10.4. The van der Waals surface area contributed by atoms with Crippen molar-refractivity contribution in [3.05, 3.63) is 0 Å². The zero-order valence-corrected chi connectivity index (χ0v) is 12.4. The average Bonchev–Trinajstić information content (AvgIpc) is 2.31. The molecule has 1 aliphatic carbocycles. The van der Waals surface area contributed by atoms with Crippen LogP contribution in [0.4, 0.5) is 0 Å². The molecular weight excluding hydrogens is 222 g/mol. The first kappa shape index (κ1) is 14.0. The Kier molecular flexibility index (Phi) is 4.15. The lowest BCUT2D eigenvalue weighted by Gasteiger charge is -2.44. The maximum atomic E-state index is 11.6. The van der Waals surface area contributed by atoms with Crippen molar-refractivity contribution in [1.82, 2.24) is 4.90 Å². The van der Waals surface area contributed by atoms with Crippen LogP contribution in [0.1, 0.15) is 59.3 Å². The Labute approximate surface area is 112 Å². The number of nitrogens with zero attached hydrogens (tertiary/aromatic N) is 1. The van der Waals surface area contributed by atoms with Crippen molar-refractivity contribution in [2.24, 2.45) is 16.7 Å². The van der Waals surface area contributed by atoms with Crippen LogP contribution in [0, 0.1) is 16.7 Å². The lowest BCUT2D eigenvalue weighted by Crippen LogP contribution is -2.47. The van der Waals surface area contributed by atoms with Crippen molar-refractivity contribution in [3.63, 3.8) is 0 Å². The molecule has 104 valence electrons. The molecule has 0 bridgehead atoms. The number of piperidine rings is 1. The van der Waals surface area contributed by atoms with Crippen LogP contribution in [-0.2, 0) is 4.79 Å². The summed E-state index contributed by atoms with van der Waals surface area (Å²) in [5.74, 6) is 0.816. The summed E-state index contributed by atoms with van der Waals surface area (Å²) in [5, 5.41) is 0. The van der Waals surface area contributed by atoms with Gasteiger partial charge in [-0.25, -0.2) is 0 Å². The Balaban J connectivity index is 1.96. The molecule has 0 amide bonds. The van der Waals surface area contributed by atoms with Crippen LogP contribution in [0.2, 0.25) is 0 Å². The van der Waals surface area contributed by atoms with Crippen molar-refractivity contribution < 1.29 is 4.79 Å². The van der Waals surface area contributed by atoms with Crippen LogP contribution in [0.5, 0.6) is 0 Å². The zero-order valence-electron chi connectivity index (χ0n) is 12.4. The summed E-state index contributed by atoms with van der Waals surface area (Å²) >= 11 is 0. The maximum absolute atomic E-state index is 11.6. The highest BCUT2D eigenvalue weighted by Gasteiger charge is 2.37. The van der Waals surface area contributed by atoms with Gasteiger partial charge in [0.05, 0.1) is 0 Å². The van der Waals surface area contributed by atoms with E-state index in [2.05, 4.69) is 25.7 Å². The third-order valence-corrected chi connectivity index (χ3v) is 5.04. The van der Waals surface area contributed by atoms with Gasteiger partial charge >= 0.3 is 0 Å². The molecule has 2 rings (SSSR count). The highest BCUT2D eigenvalue weighted by atomic mass is 16.1. The van der Waals surface area contributed by atoms with Crippen LogP contribution in [0.25, 0.3) is 0 Å². The largest absolute Gasteiger partial charge is 0.303 e. The van der Waals surface area contributed by atoms with Gasteiger partial charge in [-0.3, -0.25) is 0 Å². The van der Waals surface area contributed by atoms with Crippen LogP contribution < -0.4 is 0 Å².